The van der Waals surface area contributed by atoms with Crippen LogP contribution in [0.3, 0.4) is 0 Å². The third-order valence-corrected chi connectivity index (χ3v) is 8.79. The van der Waals surface area contributed by atoms with Crippen LogP contribution in [0.4, 0.5) is 0 Å². The number of nitrogens with zero attached hydrogens (tertiary/aromatic N) is 3. The lowest BCUT2D eigenvalue weighted by Gasteiger charge is -2.25. The standard InChI is InChI=1S/C29H24Cl3N3O4S/c1-14-10-17(16(3)34(14)19-7-8-21(31)22(32)13-19)11-24-27(36)35-26(20-12-18(30)6-9-23(20)38-4)25(28(37)39-5)15(2)33-29(35)40-24/h6-13,26H,1-5H3/b24-11-/t26-/m1/s1. The van der Waals surface area contributed by atoms with E-state index < -0.39 is 12.0 Å². The highest BCUT2D eigenvalue weighted by Gasteiger charge is 2.35. The van der Waals surface area contributed by atoms with E-state index in [-0.39, 0.29) is 11.1 Å². The first-order valence-electron chi connectivity index (χ1n) is 12.1. The third-order valence-electron chi connectivity index (χ3n) is 6.83. The molecule has 2 aromatic heterocycles. The van der Waals surface area contributed by atoms with Gasteiger partial charge in [0.05, 0.1) is 40.1 Å². The molecule has 0 saturated carbocycles. The van der Waals surface area contributed by atoms with Gasteiger partial charge in [-0.25, -0.2) is 9.79 Å². The number of aryl methyl sites for hydroxylation is 1. The smallest absolute Gasteiger partial charge is 0.338 e. The molecule has 0 aliphatic carbocycles. The number of esters is 1. The maximum absolute atomic E-state index is 14.0. The predicted molar refractivity (Wildman–Crippen MR) is 159 cm³/mol. The van der Waals surface area contributed by atoms with Crippen LogP contribution in [0.25, 0.3) is 11.8 Å². The second-order valence-corrected chi connectivity index (χ2v) is 11.5. The Hall–Kier alpha value is -3.30. The van der Waals surface area contributed by atoms with Crippen molar-refractivity contribution in [3.05, 3.63) is 111 Å². The first-order chi connectivity index (χ1) is 19.0. The predicted octanol–water partition coefficient (Wildman–Crippen LogP) is 5.78. The molecule has 0 saturated heterocycles. The number of rotatable bonds is 5. The summed E-state index contributed by atoms with van der Waals surface area (Å²) in [7, 11) is 2.82. The highest BCUT2D eigenvalue weighted by Crippen LogP contribution is 2.37. The van der Waals surface area contributed by atoms with Crippen molar-refractivity contribution < 1.29 is 14.3 Å². The van der Waals surface area contributed by atoms with Gasteiger partial charge in [-0.15, -0.1) is 0 Å². The summed E-state index contributed by atoms with van der Waals surface area (Å²) in [4.78, 5) is 32.0. The van der Waals surface area contributed by atoms with Gasteiger partial charge in [-0.2, -0.15) is 0 Å². The Morgan fingerprint density at radius 2 is 1.77 bits per heavy atom. The minimum absolute atomic E-state index is 0.236. The van der Waals surface area contributed by atoms with Crippen LogP contribution in [0, 0.1) is 13.8 Å². The molecule has 1 atom stereocenters. The molecule has 5 rings (SSSR count). The van der Waals surface area contributed by atoms with E-state index in [1.807, 2.05) is 36.6 Å². The SMILES string of the molecule is COC(=O)C1=C(C)N=c2s/c(=C\c3cc(C)n(-c4ccc(Cl)c(Cl)c4)c3C)c(=O)n2[C@@H]1c1cc(Cl)ccc1OC. The molecule has 0 amide bonds. The quantitative estimate of drug-likeness (QED) is 0.266. The number of thiazole rings is 1. The van der Waals surface area contributed by atoms with Crippen LogP contribution >= 0.6 is 46.1 Å². The Bertz CT molecular complexity index is 1900. The number of hydrogen-bond acceptors (Lipinski definition) is 6. The fourth-order valence-corrected chi connectivity index (χ4v) is 6.51. The summed E-state index contributed by atoms with van der Waals surface area (Å²) in [6.45, 7) is 5.67. The molecular weight excluding hydrogens is 593 g/mol. The number of aromatic nitrogens is 2. The largest absolute Gasteiger partial charge is 0.496 e. The van der Waals surface area contributed by atoms with Gasteiger partial charge in [0.15, 0.2) is 4.80 Å². The zero-order valence-corrected chi connectivity index (χ0v) is 25.3. The molecule has 3 heterocycles. The summed E-state index contributed by atoms with van der Waals surface area (Å²) in [5.41, 5.74) is 4.52. The highest BCUT2D eigenvalue weighted by atomic mass is 35.5. The van der Waals surface area contributed by atoms with Gasteiger partial charge in [0.25, 0.3) is 5.56 Å². The van der Waals surface area contributed by atoms with Crippen molar-refractivity contribution in [1.82, 2.24) is 9.13 Å². The lowest BCUT2D eigenvalue weighted by molar-refractivity contribution is -0.136. The van der Waals surface area contributed by atoms with E-state index in [9.17, 15) is 9.59 Å². The van der Waals surface area contributed by atoms with Crippen molar-refractivity contribution in [3.63, 3.8) is 0 Å². The van der Waals surface area contributed by atoms with Gasteiger partial charge >= 0.3 is 5.97 Å². The van der Waals surface area contributed by atoms with Crippen LogP contribution < -0.4 is 19.6 Å². The molecule has 0 fully saturated rings. The fraction of sp³-hybridized carbons (Fsp3) is 0.207. The summed E-state index contributed by atoms with van der Waals surface area (Å²) in [6, 6.07) is 11.7. The number of allylic oxidation sites excluding steroid dienone is 1. The molecule has 1 aliphatic heterocycles. The van der Waals surface area contributed by atoms with Crippen LogP contribution in [-0.2, 0) is 9.53 Å². The number of carbonyl (C=O) groups excluding carboxylic acids is 1. The summed E-state index contributed by atoms with van der Waals surface area (Å²) in [6.07, 6.45) is 1.84. The first-order valence-corrected chi connectivity index (χ1v) is 14.1. The fourth-order valence-electron chi connectivity index (χ4n) is 5.00. The van der Waals surface area contributed by atoms with Crippen LogP contribution in [0.2, 0.25) is 15.1 Å². The van der Waals surface area contributed by atoms with E-state index in [1.165, 1.54) is 30.1 Å². The van der Waals surface area contributed by atoms with Gasteiger partial charge in [-0.1, -0.05) is 46.1 Å². The first kappa shape index (κ1) is 28.2. The minimum atomic E-state index is -0.844. The van der Waals surface area contributed by atoms with E-state index in [0.29, 0.717) is 41.4 Å². The number of methoxy groups -OCH3 is 2. The lowest BCUT2D eigenvalue weighted by Crippen LogP contribution is -2.40. The zero-order valence-electron chi connectivity index (χ0n) is 22.2. The molecule has 0 radical (unpaired) electrons. The van der Waals surface area contributed by atoms with E-state index in [0.717, 1.165) is 22.6 Å². The molecule has 11 heteroatoms. The van der Waals surface area contributed by atoms with E-state index in [1.54, 1.807) is 37.3 Å². The normalized spacial score (nSPS) is 15.2. The molecule has 0 spiro atoms. The Morgan fingerprint density at radius 1 is 1.02 bits per heavy atom. The van der Waals surface area contributed by atoms with Crippen molar-refractivity contribution in [1.29, 1.82) is 0 Å². The van der Waals surface area contributed by atoms with Crippen molar-refractivity contribution >= 4 is 58.2 Å². The lowest BCUT2D eigenvalue weighted by atomic mass is 9.95. The van der Waals surface area contributed by atoms with Crippen LogP contribution in [0.15, 0.2) is 63.5 Å². The molecule has 206 valence electrons. The molecule has 0 bridgehead atoms. The van der Waals surface area contributed by atoms with E-state index >= 15 is 0 Å². The number of fused-ring (bicyclic) bond motifs is 1. The minimum Gasteiger partial charge on any atom is -0.496 e. The molecule has 40 heavy (non-hydrogen) atoms. The number of ether oxygens (including phenoxy) is 2. The van der Waals surface area contributed by atoms with Gasteiger partial charge in [0.2, 0.25) is 0 Å². The maximum atomic E-state index is 14.0. The van der Waals surface area contributed by atoms with Crippen LogP contribution in [0.5, 0.6) is 5.75 Å². The average Bonchev–Trinajstić information content (AvgIpc) is 3.38. The average molecular weight is 617 g/mol. The van der Waals surface area contributed by atoms with Gasteiger partial charge in [-0.05, 0) is 74.9 Å². The Kier molecular flexibility index (Phi) is 7.72. The molecule has 0 N–H and O–H groups in total. The Morgan fingerprint density at radius 3 is 2.45 bits per heavy atom. The summed E-state index contributed by atoms with van der Waals surface area (Å²) >= 11 is 20.0. The van der Waals surface area contributed by atoms with Gasteiger partial charge < -0.3 is 14.0 Å². The van der Waals surface area contributed by atoms with Gasteiger partial charge in [-0.3, -0.25) is 9.36 Å². The molecule has 7 nitrogen and oxygen atoms in total. The number of benzene rings is 2. The number of carbonyl (C=O) groups is 1. The van der Waals surface area contributed by atoms with Crippen molar-refractivity contribution in [2.45, 2.75) is 26.8 Å². The molecule has 0 unspecified atom stereocenters. The van der Waals surface area contributed by atoms with Crippen LogP contribution in [-0.4, -0.2) is 29.3 Å². The van der Waals surface area contributed by atoms with Gasteiger partial charge in [0.1, 0.15) is 11.8 Å². The monoisotopic (exact) mass is 615 g/mol. The summed E-state index contributed by atoms with van der Waals surface area (Å²) in [5.74, 6) is -0.113. The zero-order chi connectivity index (χ0) is 28.9. The molecule has 4 aromatic rings. The number of halogens is 3. The Labute approximate surface area is 249 Å². The topological polar surface area (TPSA) is 74.8 Å². The van der Waals surface area contributed by atoms with Gasteiger partial charge in [0, 0.05) is 27.7 Å². The van der Waals surface area contributed by atoms with E-state index in [2.05, 4.69) is 4.99 Å². The summed E-state index contributed by atoms with van der Waals surface area (Å²) < 4.78 is 14.7. The highest BCUT2D eigenvalue weighted by molar-refractivity contribution is 7.07. The second-order valence-electron chi connectivity index (χ2n) is 9.22. The molecule has 1 aliphatic rings. The van der Waals surface area contributed by atoms with E-state index in [4.69, 9.17) is 44.3 Å². The van der Waals surface area contributed by atoms with Crippen molar-refractivity contribution in [3.8, 4) is 11.4 Å². The third kappa shape index (κ3) is 4.79. The molecule has 2 aromatic carbocycles. The Balaban J connectivity index is 1.73. The maximum Gasteiger partial charge on any atom is 0.338 e. The second kappa shape index (κ2) is 10.9. The number of hydrogen-bond donors (Lipinski definition) is 0. The summed E-state index contributed by atoms with van der Waals surface area (Å²) in [5, 5.41) is 1.36. The van der Waals surface area contributed by atoms with Crippen LogP contribution in [0.1, 0.15) is 35.5 Å². The van der Waals surface area contributed by atoms with Crippen molar-refractivity contribution in [2.75, 3.05) is 14.2 Å². The molecular formula is C29H24Cl3N3O4S. The van der Waals surface area contributed by atoms with Crippen molar-refractivity contribution in [2.24, 2.45) is 4.99 Å².